The van der Waals surface area contributed by atoms with Crippen molar-refractivity contribution in [1.82, 2.24) is 29.4 Å². The third-order valence-corrected chi connectivity index (χ3v) is 4.17. The fourth-order valence-corrected chi connectivity index (χ4v) is 3.13. The van der Waals surface area contributed by atoms with E-state index in [1.807, 2.05) is 0 Å². The van der Waals surface area contributed by atoms with Gasteiger partial charge in [0.2, 0.25) is 4.96 Å². The van der Waals surface area contributed by atoms with Crippen molar-refractivity contribution in [2.75, 3.05) is 0 Å². The smallest absolute Gasteiger partial charge is 0.207 e. The second-order valence-corrected chi connectivity index (χ2v) is 5.61. The van der Waals surface area contributed by atoms with Crippen molar-refractivity contribution < 1.29 is 8.78 Å². The van der Waals surface area contributed by atoms with Gasteiger partial charge >= 0.3 is 0 Å². The molecule has 0 aliphatic carbocycles. The van der Waals surface area contributed by atoms with E-state index in [4.69, 9.17) is 0 Å². The Kier molecular flexibility index (Phi) is 2.72. The number of aromatic nitrogens is 6. The molecule has 10 heteroatoms. The summed E-state index contributed by atoms with van der Waals surface area (Å²) in [6.45, 7) is 0. The Labute approximate surface area is 123 Å². The molecule has 0 atom stereocenters. The summed E-state index contributed by atoms with van der Waals surface area (Å²) in [5.74, 6) is -0.995. The van der Waals surface area contributed by atoms with E-state index >= 15 is 0 Å². The Morgan fingerprint density at radius 3 is 2.81 bits per heavy atom. The molecule has 0 radical (unpaired) electrons. The molecule has 21 heavy (non-hydrogen) atoms. The maximum Gasteiger partial charge on any atom is 0.235 e. The highest BCUT2D eigenvalue weighted by atomic mass is 32.1. The second kappa shape index (κ2) is 4.60. The van der Waals surface area contributed by atoms with Gasteiger partial charge in [0.1, 0.15) is 17.3 Å². The van der Waals surface area contributed by atoms with Crippen molar-refractivity contribution in [2.45, 2.75) is 0 Å². The fourth-order valence-electron chi connectivity index (χ4n) is 1.82. The lowest BCUT2D eigenvalue weighted by molar-refractivity contribution is 0.601. The first-order valence-corrected chi connectivity index (χ1v) is 7.33. The molecule has 0 aliphatic rings. The number of fused-ring (bicyclic) bond motifs is 1. The minimum Gasteiger partial charge on any atom is -0.207 e. The van der Waals surface area contributed by atoms with Crippen molar-refractivity contribution in [3.8, 4) is 22.1 Å². The van der Waals surface area contributed by atoms with E-state index < -0.39 is 11.6 Å². The Morgan fingerprint density at radius 1 is 1.10 bits per heavy atom. The van der Waals surface area contributed by atoms with E-state index in [1.165, 1.54) is 27.4 Å². The van der Waals surface area contributed by atoms with Crippen LogP contribution in [0, 0.1) is 11.6 Å². The lowest BCUT2D eigenvalue weighted by Crippen LogP contribution is -1.94. The summed E-state index contributed by atoms with van der Waals surface area (Å²) in [5, 5.41) is 18.3. The number of benzene rings is 1. The van der Waals surface area contributed by atoms with Crippen molar-refractivity contribution in [2.24, 2.45) is 0 Å². The Bertz CT molecular complexity index is 930. The lowest BCUT2D eigenvalue weighted by Gasteiger charge is -1.99. The summed E-state index contributed by atoms with van der Waals surface area (Å²) in [6.07, 6.45) is 0. The first kappa shape index (κ1) is 12.4. The lowest BCUT2D eigenvalue weighted by atomic mass is 10.2. The Balaban J connectivity index is 1.92. The number of halogens is 2. The number of nitrogens with zero attached hydrogens (tertiary/aromatic N) is 6. The molecule has 3 heterocycles. The molecule has 0 spiro atoms. The normalized spacial score (nSPS) is 11.3. The molecular formula is C11H4F2N6S2. The first-order valence-electron chi connectivity index (χ1n) is 5.67. The van der Waals surface area contributed by atoms with E-state index in [0.717, 1.165) is 18.2 Å². The molecule has 0 bridgehead atoms. The van der Waals surface area contributed by atoms with Crippen molar-refractivity contribution in [1.29, 1.82) is 0 Å². The van der Waals surface area contributed by atoms with Crippen LogP contribution in [0.3, 0.4) is 0 Å². The SMILES string of the molecule is Fc1ccc(F)c(-c2nnc3sc(-c4csnn4)nn23)c1. The zero-order valence-electron chi connectivity index (χ0n) is 10.1. The molecule has 4 aromatic rings. The van der Waals surface area contributed by atoms with E-state index in [2.05, 4.69) is 24.9 Å². The summed E-state index contributed by atoms with van der Waals surface area (Å²) in [6, 6.07) is 3.16. The van der Waals surface area contributed by atoms with Crippen LogP contribution in [0.1, 0.15) is 0 Å². The van der Waals surface area contributed by atoms with Gasteiger partial charge in [0.25, 0.3) is 0 Å². The molecule has 0 fully saturated rings. The van der Waals surface area contributed by atoms with Crippen molar-refractivity contribution >= 4 is 27.8 Å². The van der Waals surface area contributed by atoms with Crippen LogP contribution in [0.4, 0.5) is 8.78 Å². The van der Waals surface area contributed by atoms with Crippen molar-refractivity contribution in [3.05, 3.63) is 35.2 Å². The predicted octanol–water partition coefficient (Wildman–Crippen LogP) is 2.65. The maximum atomic E-state index is 13.8. The molecule has 4 rings (SSSR count). The minimum absolute atomic E-state index is 0.00996. The van der Waals surface area contributed by atoms with Gasteiger partial charge in [-0.25, -0.2) is 8.78 Å². The number of hydrogen-bond donors (Lipinski definition) is 0. The molecule has 0 unspecified atom stereocenters. The maximum absolute atomic E-state index is 13.8. The van der Waals surface area contributed by atoms with Gasteiger partial charge in [0, 0.05) is 5.38 Å². The van der Waals surface area contributed by atoms with Gasteiger partial charge in [-0.3, -0.25) is 0 Å². The van der Waals surface area contributed by atoms with Crippen LogP contribution in [0.25, 0.3) is 27.1 Å². The van der Waals surface area contributed by atoms with E-state index in [9.17, 15) is 8.78 Å². The molecule has 6 nitrogen and oxygen atoms in total. The highest BCUT2D eigenvalue weighted by Gasteiger charge is 2.18. The second-order valence-electron chi connectivity index (χ2n) is 4.04. The third kappa shape index (κ3) is 1.99. The molecule has 104 valence electrons. The van der Waals surface area contributed by atoms with Gasteiger partial charge in [0.05, 0.1) is 5.56 Å². The standard InChI is InChI=1S/C11H4F2N6S2/c12-5-1-2-7(13)6(3-5)9-15-16-11-19(9)17-10(21-11)8-4-20-18-14-8/h1-4H. The zero-order chi connectivity index (χ0) is 14.4. The summed E-state index contributed by atoms with van der Waals surface area (Å²) in [4.78, 5) is 0.469. The van der Waals surface area contributed by atoms with Crippen LogP contribution in [0.5, 0.6) is 0 Å². The summed E-state index contributed by atoms with van der Waals surface area (Å²) < 4.78 is 32.3. The summed E-state index contributed by atoms with van der Waals surface area (Å²) in [7, 11) is 0. The van der Waals surface area contributed by atoms with Gasteiger partial charge in [-0.2, -0.15) is 9.61 Å². The quantitative estimate of drug-likeness (QED) is 0.567. The van der Waals surface area contributed by atoms with Gasteiger partial charge in [0.15, 0.2) is 10.8 Å². The molecule has 0 saturated carbocycles. The van der Waals surface area contributed by atoms with Gasteiger partial charge in [-0.05, 0) is 29.7 Å². The van der Waals surface area contributed by atoms with Gasteiger partial charge < -0.3 is 0 Å². The van der Waals surface area contributed by atoms with Gasteiger partial charge in [-0.15, -0.1) is 15.3 Å². The topological polar surface area (TPSA) is 68.9 Å². The monoisotopic (exact) mass is 322 g/mol. The Morgan fingerprint density at radius 2 is 2.00 bits per heavy atom. The average molecular weight is 322 g/mol. The third-order valence-electron chi connectivity index (χ3n) is 2.74. The minimum atomic E-state index is -0.587. The number of hydrogen-bond acceptors (Lipinski definition) is 7. The average Bonchev–Trinajstić information content (AvgIpc) is 3.15. The first-order chi connectivity index (χ1) is 10.2. The molecule has 0 saturated heterocycles. The highest BCUT2D eigenvalue weighted by Crippen LogP contribution is 2.28. The van der Waals surface area contributed by atoms with Gasteiger partial charge in [-0.1, -0.05) is 15.8 Å². The van der Waals surface area contributed by atoms with Crippen LogP contribution >= 0.6 is 22.9 Å². The van der Waals surface area contributed by atoms with E-state index in [1.54, 1.807) is 5.38 Å². The predicted molar refractivity (Wildman–Crippen MR) is 72.9 cm³/mol. The van der Waals surface area contributed by atoms with Crippen LogP contribution < -0.4 is 0 Å². The molecule has 1 aromatic carbocycles. The highest BCUT2D eigenvalue weighted by molar-refractivity contribution is 7.20. The molecule has 0 aliphatic heterocycles. The molecule has 3 aromatic heterocycles. The van der Waals surface area contributed by atoms with E-state index in [0.29, 0.717) is 15.7 Å². The summed E-state index contributed by atoms with van der Waals surface area (Å²) >= 11 is 2.45. The zero-order valence-corrected chi connectivity index (χ0v) is 11.7. The van der Waals surface area contributed by atoms with Crippen LogP contribution in [0.15, 0.2) is 23.6 Å². The van der Waals surface area contributed by atoms with E-state index in [-0.39, 0.29) is 11.4 Å². The Hall–Kier alpha value is -2.33. The van der Waals surface area contributed by atoms with Crippen molar-refractivity contribution in [3.63, 3.8) is 0 Å². The largest absolute Gasteiger partial charge is 0.235 e. The summed E-state index contributed by atoms with van der Waals surface area (Å²) in [5.41, 5.74) is 0.622. The molecule has 0 amide bonds. The molecular weight excluding hydrogens is 318 g/mol. The van der Waals surface area contributed by atoms with Crippen LogP contribution in [-0.4, -0.2) is 29.4 Å². The van der Waals surface area contributed by atoms with Crippen LogP contribution in [-0.2, 0) is 0 Å². The fraction of sp³-hybridized carbons (Fsp3) is 0. The number of rotatable bonds is 2. The van der Waals surface area contributed by atoms with Crippen LogP contribution in [0.2, 0.25) is 0 Å². The molecule has 0 N–H and O–H groups in total.